The van der Waals surface area contributed by atoms with Crippen LogP contribution in [0.15, 0.2) is 52.1 Å². The van der Waals surface area contributed by atoms with Crippen LogP contribution in [-0.4, -0.2) is 51.0 Å². The van der Waals surface area contributed by atoms with E-state index in [0.29, 0.717) is 33.0 Å². The van der Waals surface area contributed by atoms with E-state index in [2.05, 4.69) is 41.8 Å². The number of hydrogen-bond donors (Lipinski definition) is 3. The number of hydrogen-bond acceptors (Lipinski definition) is 8. The Bertz CT molecular complexity index is 1220. The zero-order valence-electron chi connectivity index (χ0n) is 17.3. The molecule has 1 heterocycles. The van der Waals surface area contributed by atoms with Crippen LogP contribution < -0.4 is 14.8 Å². The topological polar surface area (TPSA) is 123 Å². The molecule has 1 aromatic heterocycles. The third-order valence-corrected chi connectivity index (χ3v) is 6.42. The molecule has 3 aromatic rings. The predicted octanol–water partition coefficient (Wildman–Crippen LogP) is 3.11. The molecule has 3 N–H and O–H groups in total. The number of carbonyl (C=O) groups excluding carboxylic acids is 1. The van der Waals surface area contributed by atoms with Gasteiger partial charge in [0.1, 0.15) is 24.5 Å². The summed E-state index contributed by atoms with van der Waals surface area (Å²) >= 11 is 3.51. The number of benzene rings is 2. The van der Waals surface area contributed by atoms with Gasteiger partial charge in [0.05, 0.1) is 37.8 Å². The van der Waals surface area contributed by atoms with Crippen LogP contribution in [0.5, 0.6) is 5.75 Å². The minimum Gasteiger partial charge on any atom is -0.488 e. The fraction of sp³-hybridized carbons (Fsp3) is 0.238. The van der Waals surface area contributed by atoms with E-state index >= 15 is 0 Å². The van der Waals surface area contributed by atoms with Crippen LogP contribution in [0.3, 0.4) is 0 Å². The van der Waals surface area contributed by atoms with Crippen LogP contribution in [0.2, 0.25) is 0 Å². The summed E-state index contributed by atoms with van der Waals surface area (Å²) < 4.78 is 26.5. The van der Waals surface area contributed by atoms with Crippen molar-refractivity contribution in [1.82, 2.24) is 14.7 Å². The molecular weight excluding hydrogens is 500 g/mol. The van der Waals surface area contributed by atoms with Crippen LogP contribution in [0.1, 0.15) is 12.5 Å². The van der Waals surface area contributed by atoms with E-state index < -0.39 is 15.8 Å². The molecule has 2 aromatic carbocycles. The lowest BCUT2D eigenvalue weighted by Crippen LogP contribution is -2.31. The van der Waals surface area contributed by atoms with Gasteiger partial charge in [-0.05, 0) is 52.5 Å². The summed E-state index contributed by atoms with van der Waals surface area (Å²) in [7, 11) is -3.07. The van der Waals surface area contributed by atoms with Gasteiger partial charge in [-0.25, -0.2) is 23.7 Å². The molecule has 0 bridgehead atoms. The lowest BCUT2D eigenvalue weighted by Gasteiger charge is -2.14. The van der Waals surface area contributed by atoms with E-state index in [0.717, 1.165) is 10.9 Å². The first-order valence-electron chi connectivity index (χ1n) is 9.66. The molecular formula is C21H23BrN4O5S. The second kappa shape index (κ2) is 10.6. The molecule has 3 rings (SSSR count). The molecule has 0 spiro atoms. The SMILES string of the molecule is C=S(=O)(NC(=O)OCC)c1cccc(COc2cc3ncnc(NCCO)c3cc2Br)c1. The molecule has 0 aliphatic heterocycles. The normalized spacial score (nSPS) is 12.7. The van der Waals surface area contributed by atoms with Gasteiger partial charge in [0.2, 0.25) is 0 Å². The molecule has 0 radical (unpaired) electrons. The zero-order chi connectivity index (χ0) is 23.1. The maximum Gasteiger partial charge on any atom is 0.418 e. The quantitative estimate of drug-likeness (QED) is 0.366. The van der Waals surface area contributed by atoms with Crippen molar-refractivity contribution in [3.63, 3.8) is 0 Å². The number of ether oxygens (including phenoxy) is 2. The number of nitrogens with one attached hydrogen (secondary N) is 2. The number of aliphatic hydroxyl groups is 1. The van der Waals surface area contributed by atoms with E-state index in [-0.39, 0.29) is 19.8 Å². The lowest BCUT2D eigenvalue weighted by atomic mass is 10.2. The van der Waals surface area contributed by atoms with Crippen molar-refractivity contribution in [2.75, 3.05) is 25.1 Å². The van der Waals surface area contributed by atoms with Crippen molar-refractivity contribution in [1.29, 1.82) is 0 Å². The average molecular weight is 523 g/mol. The van der Waals surface area contributed by atoms with Gasteiger partial charge in [-0.1, -0.05) is 12.1 Å². The minimum atomic E-state index is -3.07. The summed E-state index contributed by atoms with van der Waals surface area (Å²) in [5.74, 6) is 4.81. The van der Waals surface area contributed by atoms with Gasteiger partial charge in [0.25, 0.3) is 0 Å². The number of amides is 1. The first-order chi connectivity index (χ1) is 15.3. The van der Waals surface area contributed by atoms with Crippen LogP contribution in [0, 0.1) is 0 Å². The Morgan fingerprint density at radius 1 is 1.28 bits per heavy atom. The molecule has 0 aliphatic rings. The Kier molecular flexibility index (Phi) is 7.89. The molecule has 0 aliphatic carbocycles. The molecule has 170 valence electrons. The number of anilines is 1. The molecule has 0 saturated heterocycles. The summed E-state index contributed by atoms with van der Waals surface area (Å²) in [5.41, 5.74) is 1.41. The monoisotopic (exact) mass is 522 g/mol. The fourth-order valence-corrected chi connectivity index (χ4v) is 4.38. The number of rotatable bonds is 9. The Morgan fingerprint density at radius 3 is 2.84 bits per heavy atom. The van der Waals surface area contributed by atoms with Crippen LogP contribution >= 0.6 is 15.9 Å². The Labute approximate surface area is 194 Å². The molecule has 32 heavy (non-hydrogen) atoms. The lowest BCUT2D eigenvalue weighted by molar-refractivity contribution is 0.159. The average Bonchev–Trinajstić information content (AvgIpc) is 2.76. The smallest absolute Gasteiger partial charge is 0.418 e. The Balaban J connectivity index is 1.78. The predicted molar refractivity (Wildman–Crippen MR) is 127 cm³/mol. The summed E-state index contributed by atoms with van der Waals surface area (Å²) in [6.45, 7) is 2.37. The summed E-state index contributed by atoms with van der Waals surface area (Å²) in [6, 6.07) is 10.4. The van der Waals surface area contributed by atoms with Crippen LogP contribution in [0.25, 0.3) is 10.9 Å². The largest absolute Gasteiger partial charge is 0.488 e. The van der Waals surface area contributed by atoms with Crippen molar-refractivity contribution in [2.24, 2.45) is 0 Å². The molecule has 0 fully saturated rings. The van der Waals surface area contributed by atoms with E-state index in [4.69, 9.17) is 14.6 Å². The van der Waals surface area contributed by atoms with Crippen molar-refractivity contribution in [3.05, 3.63) is 52.8 Å². The summed E-state index contributed by atoms with van der Waals surface area (Å²) in [4.78, 5) is 20.5. The molecule has 0 saturated carbocycles. The van der Waals surface area contributed by atoms with Gasteiger partial charge in [-0.2, -0.15) is 0 Å². The fourth-order valence-electron chi connectivity index (χ4n) is 2.84. The zero-order valence-corrected chi connectivity index (χ0v) is 19.7. The Morgan fingerprint density at radius 2 is 2.09 bits per heavy atom. The number of halogens is 1. The van der Waals surface area contributed by atoms with E-state index in [1.807, 2.05) is 12.1 Å². The van der Waals surface area contributed by atoms with Crippen molar-refractivity contribution >= 4 is 54.3 Å². The van der Waals surface area contributed by atoms with Crippen molar-refractivity contribution in [2.45, 2.75) is 18.4 Å². The second-order valence-electron chi connectivity index (χ2n) is 6.61. The number of aliphatic hydroxyl groups excluding tert-OH is 1. The highest BCUT2D eigenvalue weighted by atomic mass is 79.9. The maximum atomic E-state index is 12.8. The number of carbonyl (C=O) groups is 1. The van der Waals surface area contributed by atoms with Crippen LogP contribution in [0.4, 0.5) is 10.6 Å². The molecule has 11 heteroatoms. The van der Waals surface area contributed by atoms with E-state index in [1.165, 1.54) is 6.33 Å². The first-order valence-corrected chi connectivity index (χ1v) is 12.2. The highest BCUT2D eigenvalue weighted by Crippen LogP contribution is 2.32. The molecule has 1 amide bonds. The number of aromatic nitrogens is 2. The summed E-state index contributed by atoms with van der Waals surface area (Å²) in [5, 5.41) is 12.9. The third-order valence-electron chi connectivity index (χ3n) is 4.29. The first kappa shape index (κ1) is 23.8. The van der Waals surface area contributed by atoms with Gasteiger partial charge in [-0.15, -0.1) is 0 Å². The minimum absolute atomic E-state index is 0.0120. The van der Waals surface area contributed by atoms with Gasteiger partial charge < -0.3 is 19.9 Å². The van der Waals surface area contributed by atoms with Crippen molar-refractivity contribution < 1.29 is 23.6 Å². The van der Waals surface area contributed by atoms with Gasteiger partial charge in [0.15, 0.2) is 0 Å². The standard InChI is InChI=1S/C21H23BrN4O5S/c1-3-30-21(28)26-32(2,29)15-6-4-5-14(9-15)12-31-19-11-18-16(10-17(19)22)20(23-7-8-27)25-13-24-18/h4-6,9-11,13,27H,2-3,7-8,12H2,1H3,(H,23,24,25)(H,26,28,29). The van der Waals surface area contributed by atoms with Gasteiger partial charge >= 0.3 is 6.09 Å². The van der Waals surface area contributed by atoms with Crippen molar-refractivity contribution in [3.8, 4) is 5.75 Å². The van der Waals surface area contributed by atoms with Gasteiger partial charge in [-0.3, -0.25) is 0 Å². The Hall–Kier alpha value is -2.89. The van der Waals surface area contributed by atoms with Gasteiger partial charge in [0, 0.05) is 18.0 Å². The summed E-state index contributed by atoms with van der Waals surface area (Å²) in [6.07, 6.45) is 0.647. The molecule has 1 unspecified atom stereocenters. The second-order valence-corrected chi connectivity index (χ2v) is 9.49. The number of fused-ring (bicyclic) bond motifs is 1. The molecule has 9 nitrogen and oxygen atoms in total. The third kappa shape index (κ3) is 5.87. The number of nitrogens with zero attached hydrogens (tertiary/aromatic N) is 2. The highest BCUT2D eigenvalue weighted by molar-refractivity contribution is 9.10. The van der Waals surface area contributed by atoms with Crippen LogP contribution in [-0.2, 0) is 21.1 Å². The maximum absolute atomic E-state index is 12.8. The molecule has 1 atom stereocenters. The van der Waals surface area contributed by atoms with E-state index in [1.54, 1.807) is 31.2 Å². The highest BCUT2D eigenvalue weighted by Gasteiger charge is 2.14. The van der Waals surface area contributed by atoms with E-state index in [9.17, 15) is 9.00 Å².